The number of benzene rings is 1. The Balaban J connectivity index is 2.30. The lowest BCUT2D eigenvalue weighted by Crippen LogP contribution is -1.94. The Morgan fingerprint density at radius 3 is 2.40 bits per heavy atom. The van der Waals surface area contributed by atoms with Gasteiger partial charge in [-0.25, -0.2) is 4.98 Å². The largest absolute Gasteiger partial charge is 0.339 e. The van der Waals surface area contributed by atoms with E-state index in [0.717, 1.165) is 11.5 Å². The van der Waals surface area contributed by atoms with Gasteiger partial charge >= 0.3 is 0 Å². The van der Waals surface area contributed by atoms with Gasteiger partial charge < -0.3 is 5.32 Å². The van der Waals surface area contributed by atoms with E-state index >= 15 is 0 Å². The Morgan fingerprint density at radius 1 is 1.20 bits per heavy atom. The second kappa shape index (κ2) is 4.03. The van der Waals surface area contributed by atoms with Crippen LogP contribution in [0.1, 0.15) is 16.7 Å². The Hall–Kier alpha value is -1.35. The third-order valence-corrected chi connectivity index (χ3v) is 3.13. The predicted molar refractivity (Wildman–Crippen MR) is 64.9 cm³/mol. The van der Waals surface area contributed by atoms with Crippen molar-refractivity contribution in [2.24, 2.45) is 0 Å². The molecular weight excluding hydrogens is 204 g/mol. The van der Waals surface area contributed by atoms with Gasteiger partial charge in [0.2, 0.25) is 0 Å². The maximum Gasteiger partial charge on any atom is 0.154 e. The van der Waals surface area contributed by atoms with Gasteiger partial charge in [0.1, 0.15) is 5.82 Å². The molecule has 0 aliphatic carbocycles. The van der Waals surface area contributed by atoms with Crippen LogP contribution in [-0.4, -0.2) is 4.98 Å². The van der Waals surface area contributed by atoms with Crippen molar-refractivity contribution in [2.75, 3.05) is 5.32 Å². The van der Waals surface area contributed by atoms with Crippen LogP contribution in [0, 0.1) is 26.3 Å². The first-order chi connectivity index (χ1) is 7.16. The van der Waals surface area contributed by atoms with Crippen LogP contribution in [0.5, 0.6) is 0 Å². The molecule has 0 bridgehead atoms. The van der Waals surface area contributed by atoms with Crippen molar-refractivity contribution < 1.29 is 0 Å². The van der Waals surface area contributed by atoms with E-state index in [0.29, 0.717) is 0 Å². The summed E-state index contributed by atoms with van der Waals surface area (Å²) in [5.41, 5.74) is 7.87. The number of thiazole rings is 1. The van der Waals surface area contributed by atoms with E-state index in [2.05, 4.69) is 48.7 Å². The first kappa shape index (κ1) is 10.2. The van der Waals surface area contributed by atoms with Gasteiger partial charge in [-0.15, -0.1) is 11.3 Å². The lowest BCUT2D eigenvalue weighted by atomic mass is 10.0. The van der Waals surface area contributed by atoms with Crippen LogP contribution in [-0.2, 0) is 0 Å². The highest BCUT2D eigenvalue weighted by Gasteiger charge is 2.02. The SMILES string of the molecule is Cc1cc(Nc2cs[c]n2)cc(C)c1C. The molecule has 0 spiro atoms. The number of rotatable bonds is 2. The van der Waals surface area contributed by atoms with Gasteiger partial charge in [-0.1, -0.05) is 0 Å². The summed E-state index contributed by atoms with van der Waals surface area (Å²) in [6, 6.07) is 4.28. The molecular formula is C12H13N2S. The zero-order valence-corrected chi connectivity index (χ0v) is 9.90. The van der Waals surface area contributed by atoms with E-state index in [1.807, 2.05) is 5.38 Å². The summed E-state index contributed by atoms with van der Waals surface area (Å²) >= 11 is 1.47. The normalized spacial score (nSPS) is 10.3. The second-order valence-corrected chi connectivity index (χ2v) is 4.34. The molecule has 1 aromatic heterocycles. The summed E-state index contributed by atoms with van der Waals surface area (Å²) in [6.07, 6.45) is 0. The van der Waals surface area contributed by atoms with E-state index in [4.69, 9.17) is 0 Å². The second-order valence-electron chi connectivity index (χ2n) is 3.68. The number of nitrogens with one attached hydrogen (secondary N) is 1. The maximum atomic E-state index is 4.08. The molecule has 0 amide bonds. The molecule has 3 heteroatoms. The number of hydrogen-bond donors (Lipinski definition) is 1. The highest BCUT2D eigenvalue weighted by molar-refractivity contribution is 7.07. The molecule has 1 heterocycles. The number of aryl methyl sites for hydroxylation is 2. The summed E-state index contributed by atoms with van der Waals surface area (Å²) in [5, 5.41) is 5.21. The molecule has 0 fully saturated rings. The minimum absolute atomic E-state index is 0.864. The summed E-state index contributed by atoms with van der Waals surface area (Å²) in [6.45, 7) is 6.40. The summed E-state index contributed by atoms with van der Waals surface area (Å²) in [5.74, 6) is 0.864. The van der Waals surface area contributed by atoms with Crippen molar-refractivity contribution >= 4 is 22.8 Å². The van der Waals surface area contributed by atoms with Crippen LogP contribution >= 0.6 is 11.3 Å². The lowest BCUT2D eigenvalue weighted by Gasteiger charge is -2.09. The monoisotopic (exact) mass is 217 g/mol. The van der Waals surface area contributed by atoms with Crippen LogP contribution in [0.2, 0.25) is 0 Å². The first-order valence-electron chi connectivity index (χ1n) is 4.83. The third-order valence-electron chi connectivity index (χ3n) is 2.59. The molecule has 2 nitrogen and oxygen atoms in total. The fourth-order valence-electron chi connectivity index (χ4n) is 1.50. The van der Waals surface area contributed by atoms with Gasteiger partial charge in [-0.05, 0) is 49.6 Å². The molecule has 77 valence electrons. The van der Waals surface area contributed by atoms with Gasteiger partial charge in [-0.2, -0.15) is 0 Å². The van der Waals surface area contributed by atoms with Crippen LogP contribution in [0.15, 0.2) is 17.5 Å². The average molecular weight is 217 g/mol. The van der Waals surface area contributed by atoms with Gasteiger partial charge in [0.25, 0.3) is 0 Å². The quantitative estimate of drug-likeness (QED) is 0.831. The fraction of sp³-hybridized carbons (Fsp3) is 0.250. The van der Waals surface area contributed by atoms with E-state index < -0.39 is 0 Å². The number of anilines is 2. The van der Waals surface area contributed by atoms with Crippen LogP contribution in [0.3, 0.4) is 0 Å². The molecule has 0 aliphatic rings. The smallest absolute Gasteiger partial charge is 0.154 e. The van der Waals surface area contributed by atoms with Crippen molar-refractivity contribution in [3.05, 3.63) is 39.7 Å². The predicted octanol–water partition coefficient (Wildman–Crippen LogP) is 3.61. The molecule has 2 aromatic rings. The fourth-order valence-corrected chi connectivity index (χ4v) is 1.92. The van der Waals surface area contributed by atoms with Gasteiger partial charge in [0.05, 0.1) is 0 Å². The summed E-state index contributed by atoms with van der Waals surface area (Å²) in [4.78, 5) is 4.08. The van der Waals surface area contributed by atoms with Crippen molar-refractivity contribution in [3.8, 4) is 0 Å². The van der Waals surface area contributed by atoms with Gasteiger partial charge in [-0.3, -0.25) is 0 Å². The van der Waals surface area contributed by atoms with Crippen LogP contribution in [0.4, 0.5) is 11.5 Å². The van der Waals surface area contributed by atoms with Crippen molar-refractivity contribution in [3.63, 3.8) is 0 Å². The Kier molecular flexibility index (Phi) is 2.73. The molecule has 0 saturated heterocycles. The van der Waals surface area contributed by atoms with Crippen LogP contribution in [0.25, 0.3) is 0 Å². The average Bonchev–Trinajstić information content (AvgIpc) is 2.66. The first-order valence-corrected chi connectivity index (χ1v) is 5.71. The maximum absolute atomic E-state index is 4.08. The minimum Gasteiger partial charge on any atom is -0.339 e. The zero-order chi connectivity index (χ0) is 10.8. The summed E-state index contributed by atoms with van der Waals surface area (Å²) in [7, 11) is 0. The Labute approximate surface area is 94.0 Å². The highest BCUT2D eigenvalue weighted by Crippen LogP contribution is 2.22. The van der Waals surface area contributed by atoms with Crippen molar-refractivity contribution in [1.82, 2.24) is 4.98 Å². The summed E-state index contributed by atoms with van der Waals surface area (Å²) < 4.78 is 0. The molecule has 0 aliphatic heterocycles. The van der Waals surface area contributed by atoms with Crippen molar-refractivity contribution in [2.45, 2.75) is 20.8 Å². The van der Waals surface area contributed by atoms with Gasteiger partial charge in [0, 0.05) is 11.1 Å². The molecule has 1 aromatic carbocycles. The van der Waals surface area contributed by atoms with Crippen molar-refractivity contribution in [1.29, 1.82) is 0 Å². The zero-order valence-electron chi connectivity index (χ0n) is 9.09. The number of nitrogens with zero attached hydrogens (tertiary/aromatic N) is 1. The Morgan fingerprint density at radius 2 is 1.87 bits per heavy atom. The molecule has 0 saturated carbocycles. The van der Waals surface area contributed by atoms with E-state index in [1.165, 1.54) is 28.0 Å². The molecule has 2 rings (SSSR count). The number of hydrogen-bond acceptors (Lipinski definition) is 3. The Bertz CT molecular complexity index is 437. The number of aromatic nitrogens is 1. The topological polar surface area (TPSA) is 24.9 Å². The molecule has 15 heavy (non-hydrogen) atoms. The standard InChI is InChI=1S/C12H13N2S/c1-8-4-11(5-9(2)10(8)3)14-12-6-15-7-13-12/h4-6,14H,1-3H3. The van der Waals surface area contributed by atoms with Gasteiger partial charge in [0.15, 0.2) is 5.51 Å². The lowest BCUT2D eigenvalue weighted by molar-refractivity contribution is 1.26. The van der Waals surface area contributed by atoms with Crippen LogP contribution < -0.4 is 5.32 Å². The van der Waals surface area contributed by atoms with E-state index in [9.17, 15) is 0 Å². The molecule has 0 unspecified atom stereocenters. The van der Waals surface area contributed by atoms with E-state index in [1.54, 1.807) is 0 Å². The third kappa shape index (κ3) is 2.18. The molecule has 1 radical (unpaired) electrons. The molecule has 1 N–H and O–H groups in total. The molecule has 0 atom stereocenters. The highest BCUT2D eigenvalue weighted by atomic mass is 32.1. The minimum atomic E-state index is 0.864. The van der Waals surface area contributed by atoms with E-state index in [-0.39, 0.29) is 0 Å².